The molecule has 156 valence electrons. The number of anilines is 1. The van der Waals surface area contributed by atoms with Crippen molar-refractivity contribution in [1.29, 1.82) is 0 Å². The van der Waals surface area contributed by atoms with Crippen LogP contribution in [-0.2, 0) is 25.6 Å². The summed E-state index contributed by atoms with van der Waals surface area (Å²) in [5.41, 5.74) is -0.986. The zero-order valence-electron chi connectivity index (χ0n) is 16.9. The van der Waals surface area contributed by atoms with Crippen LogP contribution in [0.2, 0.25) is 0 Å². The number of pyridine rings is 1. The average molecular weight is 416 g/mol. The number of hydrogen-bond donors (Lipinski definition) is 0. The Bertz CT molecular complexity index is 705. The quantitative estimate of drug-likeness (QED) is 0.399. The van der Waals surface area contributed by atoms with Crippen LogP contribution in [0.1, 0.15) is 33.3 Å². The van der Waals surface area contributed by atoms with Gasteiger partial charge >= 0.3 is 18.2 Å². The predicted octanol–water partition coefficient (Wildman–Crippen LogP) is 3.15. The maximum absolute atomic E-state index is 12.0. The number of nitrogens with zero attached hydrogens (tertiary/aromatic N) is 3. The largest absolute Gasteiger partial charge is 0.459 e. The highest BCUT2D eigenvalue weighted by molar-refractivity contribution is 6.20. The SMILES string of the molecule is CC(Cl)OC(=O)N(C)c1ncccc1COC(=O)CN(C)C(=O)OC(C)(C)C. The van der Waals surface area contributed by atoms with E-state index < -0.39 is 29.3 Å². The number of rotatable bonds is 6. The number of halogens is 1. The second-order valence-corrected chi connectivity index (χ2v) is 7.58. The molecule has 1 atom stereocenters. The molecule has 0 aliphatic heterocycles. The van der Waals surface area contributed by atoms with Crippen LogP contribution in [0.15, 0.2) is 18.3 Å². The van der Waals surface area contributed by atoms with Crippen LogP contribution in [0.3, 0.4) is 0 Å². The molecule has 0 bridgehead atoms. The Morgan fingerprint density at radius 2 is 1.86 bits per heavy atom. The standard InChI is InChI=1S/C18H26ClN3O6/c1-12(19)27-17(25)22(6)15-13(8-7-9-20-15)11-26-14(23)10-21(5)16(24)28-18(2,3)4/h7-9,12H,10-11H2,1-6H3. The minimum Gasteiger partial charge on any atom is -0.459 e. The van der Waals surface area contributed by atoms with E-state index in [1.807, 2.05) is 0 Å². The number of ether oxygens (including phenoxy) is 3. The van der Waals surface area contributed by atoms with Gasteiger partial charge in [0.05, 0.1) is 0 Å². The molecule has 0 aliphatic rings. The van der Waals surface area contributed by atoms with Crippen LogP contribution >= 0.6 is 11.6 Å². The predicted molar refractivity (Wildman–Crippen MR) is 103 cm³/mol. The van der Waals surface area contributed by atoms with Crippen molar-refractivity contribution in [2.45, 2.75) is 45.5 Å². The Kier molecular flexibility index (Phi) is 8.49. The van der Waals surface area contributed by atoms with Gasteiger partial charge in [-0.1, -0.05) is 17.7 Å². The molecule has 0 aromatic carbocycles. The summed E-state index contributed by atoms with van der Waals surface area (Å²) < 4.78 is 15.3. The first-order chi connectivity index (χ1) is 12.9. The highest BCUT2D eigenvalue weighted by atomic mass is 35.5. The first-order valence-corrected chi connectivity index (χ1v) is 8.96. The number of alkyl halides is 1. The molecule has 2 amide bonds. The van der Waals surface area contributed by atoms with Gasteiger partial charge in [0.2, 0.25) is 0 Å². The van der Waals surface area contributed by atoms with E-state index in [1.165, 1.54) is 27.2 Å². The monoisotopic (exact) mass is 415 g/mol. The molecule has 1 rings (SSSR count). The fraction of sp³-hybridized carbons (Fsp3) is 0.556. The third-order valence-corrected chi connectivity index (χ3v) is 3.27. The highest BCUT2D eigenvalue weighted by Crippen LogP contribution is 2.18. The Hall–Kier alpha value is -2.55. The topological polar surface area (TPSA) is 98.3 Å². The van der Waals surface area contributed by atoms with E-state index in [2.05, 4.69) is 4.98 Å². The lowest BCUT2D eigenvalue weighted by molar-refractivity contribution is -0.145. The van der Waals surface area contributed by atoms with Crippen molar-refractivity contribution in [2.75, 3.05) is 25.5 Å². The summed E-state index contributed by atoms with van der Waals surface area (Å²) in [4.78, 5) is 42.3. The molecular formula is C18H26ClN3O6. The van der Waals surface area contributed by atoms with Gasteiger partial charge in [-0.25, -0.2) is 14.6 Å². The average Bonchev–Trinajstić information content (AvgIpc) is 2.57. The molecule has 0 N–H and O–H groups in total. The first-order valence-electron chi connectivity index (χ1n) is 8.52. The molecule has 1 aromatic heterocycles. The second kappa shape index (κ2) is 10.1. The third kappa shape index (κ3) is 7.99. The zero-order chi connectivity index (χ0) is 21.5. The lowest BCUT2D eigenvalue weighted by atomic mass is 10.2. The molecular weight excluding hydrogens is 390 g/mol. The number of likely N-dealkylation sites (N-methyl/N-ethyl adjacent to an activating group) is 1. The molecule has 9 nitrogen and oxygen atoms in total. The van der Waals surface area contributed by atoms with Gasteiger partial charge in [0, 0.05) is 25.9 Å². The maximum Gasteiger partial charge on any atom is 0.416 e. The van der Waals surface area contributed by atoms with Crippen LogP contribution in [0.4, 0.5) is 15.4 Å². The molecule has 1 unspecified atom stereocenters. The Balaban J connectivity index is 2.69. The van der Waals surface area contributed by atoms with Gasteiger partial charge in [0.25, 0.3) is 0 Å². The van der Waals surface area contributed by atoms with Crippen molar-refractivity contribution in [3.8, 4) is 0 Å². The van der Waals surface area contributed by atoms with E-state index in [9.17, 15) is 14.4 Å². The van der Waals surface area contributed by atoms with Gasteiger partial charge in [-0.2, -0.15) is 0 Å². The van der Waals surface area contributed by atoms with E-state index >= 15 is 0 Å². The van der Waals surface area contributed by atoms with Gasteiger partial charge in [0.1, 0.15) is 24.6 Å². The van der Waals surface area contributed by atoms with Gasteiger partial charge in [-0.05, 0) is 33.8 Å². The number of amides is 2. The first kappa shape index (κ1) is 23.5. The minimum atomic E-state index is -0.802. The van der Waals surface area contributed by atoms with E-state index in [0.717, 1.165) is 9.80 Å². The van der Waals surface area contributed by atoms with Gasteiger partial charge in [-0.15, -0.1) is 0 Å². The van der Waals surface area contributed by atoms with Crippen molar-refractivity contribution >= 4 is 35.6 Å². The molecule has 10 heteroatoms. The summed E-state index contributed by atoms with van der Waals surface area (Å²) in [7, 11) is 2.90. The van der Waals surface area contributed by atoms with Gasteiger partial charge < -0.3 is 19.1 Å². The number of carbonyl (C=O) groups is 3. The molecule has 1 heterocycles. The Morgan fingerprint density at radius 1 is 1.21 bits per heavy atom. The van der Waals surface area contributed by atoms with Crippen molar-refractivity contribution in [2.24, 2.45) is 0 Å². The van der Waals surface area contributed by atoms with Gasteiger partial charge in [-0.3, -0.25) is 9.69 Å². The summed E-state index contributed by atoms with van der Waals surface area (Å²) in [6, 6.07) is 3.30. The van der Waals surface area contributed by atoms with Crippen LogP contribution in [-0.4, -0.2) is 59.8 Å². The van der Waals surface area contributed by atoms with E-state index in [-0.39, 0.29) is 19.0 Å². The molecule has 0 fully saturated rings. The van der Waals surface area contributed by atoms with E-state index in [1.54, 1.807) is 32.9 Å². The number of carbonyl (C=O) groups excluding carboxylic acids is 3. The molecule has 1 aromatic rings. The van der Waals surface area contributed by atoms with Crippen molar-refractivity contribution < 1.29 is 28.6 Å². The van der Waals surface area contributed by atoms with Crippen LogP contribution in [0.25, 0.3) is 0 Å². The van der Waals surface area contributed by atoms with Crippen molar-refractivity contribution in [3.63, 3.8) is 0 Å². The van der Waals surface area contributed by atoms with Gasteiger partial charge in [0.15, 0.2) is 5.56 Å². The highest BCUT2D eigenvalue weighted by Gasteiger charge is 2.23. The molecule has 28 heavy (non-hydrogen) atoms. The summed E-state index contributed by atoms with van der Waals surface area (Å²) in [5.74, 6) is -0.374. The lowest BCUT2D eigenvalue weighted by Crippen LogP contribution is -2.37. The Morgan fingerprint density at radius 3 is 2.43 bits per heavy atom. The number of esters is 1. The molecule has 0 saturated heterocycles. The molecule has 0 saturated carbocycles. The molecule has 0 radical (unpaired) electrons. The normalized spacial score (nSPS) is 12.0. The van der Waals surface area contributed by atoms with Crippen LogP contribution < -0.4 is 4.90 Å². The fourth-order valence-corrected chi connectivity index (χ4v) is 2.03. The molecule has 0 aliphatic carbocycles. The van der Waals surface area contributed by atoms with Crippen molar-refractivity contribution in [1.82, 2.24) is 9.88 Å². The van der Waals surface area contributed by atoms with Crippen LogP contribution in [0.5, 0.6) is 0 Å². The third-order valence-electron chi connectivity index (χ3n) is 3.18. The smallest absolute Gasteiger partial charge is 0.416 e. The summed E-state index contributed by atoms with van der Waals surface area (Å²) >= 11 is 5.66. The summed E-state index contributed by atoms with van der Waals surface area (Å²) in [5, 5.41) is 0. The maximum atomic E-state index is 12.0. The minimum absolute atomic E-state index is 0.141. The van der Waals surface area contributed by atoms with E-state index in [4.69, 9.17) is 25.8 Å². The lowest BCUT2D eigenvalue weighted by Gasteiger charge is -2.24. The number of hydrogen-bond acceptors (Lipinski definition) is 7. The zero-order valence-corrected chi connectivity index (χ0v) is 17.6. The second-order valence-electron chi connectivity index (χ2n) is 6.97. The Labute approximate surface area is 169 Å². The van der Waals surface area contributed by atoms with E-state index in [0.29, 0.717) is 5.56 Å². The summed E-state index contributed by atoms with van der Waals surface area (Å²) in [6.45, 7) is 6.27. The summed E-state index contributed by atoms with van der Waals surface area (Å²) in [6.07, 6.45) is 0.160. The molecule has 0 spiro atoms. The van der Waals surface area contributed by atoms with Crippen molar-refractivity contribution in [3.05, 3.63) is 23.9 Å². The van der Waals surface area contributed by atoms with Crippen LogP contribution in [0, 0.1) is 0 Å². The fourth-order valence-electron chi connectivity index (χ4n) is 1.95. The number of aromatic nitrogens is 1.